The normalized spacial score (nSPS) is 16.3. The Balaban J connectivity index is 1.35. The van der Waals surface area contributed by atoms with E-state index in [0.29, 0.717) is 23.9 Å². The van der Waals surface area contributed by atoms with Gasteiger partial charge >= 0.3 is 5.97 Å². The predicted molar refractivity (Wildman–Crippen MR) is 112 cm³/mol. The number of halogens is 1. The number of likely N-dealkylation sites (tertiary alicyclic amines) is 1. The monoisotopic (exact) mass is 416 g/mol. The van der Waals surface area contributed by atoms with Gasteiger partial charge in [-0.1, -0.05) is 30.3 Å². The Labute approximate surface area is 176 Å². The molecule has 2 aromatic rings. The number of para-hydroxylation sites is 1. The number of ether oxygens (including phenoxy) is 1. The van der Waals surface area contributed by atoms with Crippen molar-refractivity contribution in [3.05, 3.63) is 65.5 Å². The van der Waals surface area contributed by atoms with Crippen molar-refractivity contribution >= 4 is 5.97 Å². The fraction of sp³-hybridized carbons (Fsp3) is 0.435. The van der Waals surface area contributed by atoms with Crippen LogP contribution in [-0.4, -0.2) is 59.5 Å². The summed E-state index contributed by atoms with van der Waals surface area (Å²) in [5, 5.41) is 22.6. The third kappa shape index (κ3) is 7.09. The number of aliphatic hydroxyl groups excluding tert-OH is 1. The van der Waals surface area contributed by atoms with E-state index in [1.165, 1.54) is 12.1 Å². The summed E-state index contributed by atoms with van der Waals surface area (Å²) in [4.78, 5) is 13.3. The first kappa shape index (κ1) is 22.2. The van der Waals surface area contributed by atoms with Gasteiger partial charge in [-0.2, -0.15) is 0 Å². The lowest BCUT2D eigenvalue weighted by molar-refractivity contribution is -0.136. The molecule has 3 rings (SSSR count). The average Bonchev–Trinajstić information content (AvgIpc) is 2.74. The van der Waals surface area contributed by atoms with Gasteiger partial charge in [0.25, 0.3) is 0 Å². The highest BCUT2D eigenvalue weighted by Crippen LogP contribution is 2.19. The van der Waals surface area contributed by atoms with E-state index in [0.717, 1.165) is 38.0 Å². The zero-order chi connectivity index (χ0) is 21.3. The van der Waals surface area contributed by atoms with Crippen molar-refractivity contribution in [3.8, 4) is 5.75 Å². The molecule has 1 atom stereocenters. The zero-order valence-corrected chi connectivity index (χ0v) is 17.0. The molecule has 1 fully saturated rings. The van der Waals surface area contributed by atoms with Crippen molar-refractivity contribution in [1.29, 1.82) is 0 Å². The van der Waals surface area contributed by atoms with Gasteiger partial charge in [-0.25, -0.2) is 4.39 Å². The molecule has 1 aliphatic rings. The summed E-state index contributed by atoms with van der Waals surface area (Å²) in [5.41, 5.74) is 1.71. The standard InChI is InChI=1S/C23H29FN2O4/c24-19-7-5-17(6-8-19)15-26-11-9-20(10-12-26)25-14-21(27)16-30-22-4-2-1-3-18(22)13-23(28)29/h1-8,20-21,25,27H,9-16H2,(H,28,29)/t21-/m0/s1. The van der Waals surface area contributed by atoms with E-state index in [9.17, 15) is 14.3 Å². The molecule has 6 nitrogen and oxygen atoms in total. The molecular formula is C23H29FN2O4. The van der Waals surface area contributed by atoms with Gasteiger partial charge in [-0.05, 0) is 49.7 Å². The third-order valence-electron chi connectivity index (χ3n) is 5.29. The van der Waals surface area contributed by atoms with E-state index in [-0.39, 0.29) is 18.8 Å². The van der Waals surface area contributed by atoms with Crippen LogP contribution in [0.4, 0.5) is 4.39 Å². The summed E-state index contributed by atoms with van der Waals surface area (Å²) < 4.78 is 18.7. The van der Waals surface area contributed by atoms with E-state index in [4.69, 9.17) is 9.84 Å². The SMILES string of the molecule is O=C(O)Cc1ccccc1OC[C@@H](O)CNC1CCN(Cc2ccc(F)cc2)CC1. The van der Waals surface area contributed by atoms with Gasteiger partial charge in [0.15, 0.2) is 0 Å². The molecule has 0 saturated carbocycles. The number of hydrogen-bond donors (Lipinski definition) is 3. The lowest BCUT2D eigenvalue weighted by Crippen LogP contribution is -2.45. The predicted octanol–water partition coefficient (Wildman–Crippen LogP) is 2.45. The van der Waals surface area contributed by atoms with Gasteiger partial charge in [-0.15, -0.1) is 0 Å². The second-order valence-corrected chi connectivity index (χ2v) is 7.73. The van der Waals surface area contributed by atoms with Gasteiger partial charge in [0, 0.05) is 24.7 Å². The summed E-state index contributed by atoms with van der Waals surface area (Å²) in [7, 11) is 0. The molecule has 0 radical (unpaired) electrons. The van der Waals surface area contributed by atoms with Crippen LogP contribution < -0.4 is 10.1 Å². The second kappa shape index (κ2) is 11.1. The first-order valence-corrected chi connectivity index (χ1v) is 10.3. The molecule has 1 saturated heterocycles. The highest BCUT2D eigenvalue weighted by atomic mass is 19.1. The molecule has 0 aliphatic carbocycles. The van der Waals surface area contributed by atoms with Crippen LogP contribution in [0.25, 0.3) is 0 Å². The smallest absolute Gasteiger partial charge is 0.307 e. The number of rotatable bonds is 10. The number of benzene rings is 2. The first-order valence-electron chi connectivity index (χ1n) is 10.3. The van der Waals surface area contributed by atoms with Gasteiger partial charge in [-0.3, -0.25) is 9.69 Å². The minimum atomic E-state index is -0.918. The number of nitrogens with zero attached hydrogens (tertiary/aromatic N) is 1. The Morgan fingerprint density at radius 3 is 2.57 bits per heavy atom. The number of carboxylic acids is 1. The second-order valence-electron chi connectivity index (χ2n) is 7.73. The lowest BCUT2D eigenvalue weighted by Gasteiger charge is -2.33. The van der Waals surface area contributed by atoms with E-state index in [1.807, 2.05) is 12.1 Å². The van der Waals surface area contributed by atoms with Crippen LogP contribution in [0.15, 0.2) is 48.5 Å². The fourth-order valence-corrected chi connectivity index (χ4v) is 3.64. The summed E-state index contributed by atoms with van der Waals surface area (Å²) >= 11 is 0. The van der Waals surface area contributed by atoms with Crippen LogP contribution >= 0.6 is 0 Å². The fourth-order valence-electron chi connectivity index (χ4n) is 3.64. The van der Waals surface area contributed by atoms with Crippen LogP contribution in [0.2, 0.25) is 0 Å². The summed E-state index contributed by atoms with van der Waals surface area (Å²) in [6, 6.07) is 14.0. The van der Waals surface area contributed by atoms with Crippen LogP contribution in [0, 0.1) is 5.82 Å². The van der Waals surface area contributed by atoms with Crippen LogP contribution in [-0.2, 0) is 17.8 Å². The topological polar surface area (TPSA) is 82.0 Å². The van der Waals surface area contributed by atoms with Crippen molar-refractivity contribution in [2.75, 3.05) is 26.2 Å². The van der Waals surface area contributed by atoms with Gasteiger partial charge in [0.05, 0.1) is 6.42 Å². The molecular weight excluding hydrogens is 387 g/mol. The van der Waals surface area contributed by atoms with Crippen LogP contribution in [0.5, 0.6) is 5.75 Å². The number of piperidine rings is 1. The molecule has 0 spiro atoms. The molecule has 0 amide bonds. The number of carboxylic acid groups (broad SMARTS) is 1. The van der Waals surface area contributed by atoms with Crippen LogP contribution in [0.3, 0.4) is 0 Å². The molecule has 7 heteroatoms. The van der Waals surface area contributed by atoms with Crippen LogP contribution in [0.1, 0.15) is 24.0 Å². The molecule has 0 bridgehead atoms. The molecule has 30 heavy (non-hydrogen) atoms. The van der Waals surface area contributed by atoms with E-state index >= 15 is 0 Å². The summed E-state index contributed by atoms with van der Waals surface area (Å²) in [6.45, 7) is 3.24. The number of hydrogen-bond acceptors (Lipinski definition) is 5. The highest BCUT2D eigenvalue weighted by Gasteiger charge is 2.20. The Kier molecular flexibility index (Phi) is 8.19. The number of aliphatic hydroxyl groups is 1. The molecule has 2 aromatic carbocycles. The maximum atomic E-state index is 13.0. The van der Waals surface area contributed by atoms with Crippen molar-refractivity contribution < 1.29 is 24.1 Å². The van der Waals surface area contributed by atoms with Crippen molar-refractivity contribution in [2.45, 2.75) is 38.0 Å². The first-order chi connectivity index (χ1) is 14.5. The lowest BCUT2D eigenvalue weighted by atomic mass is 10.0. The molecule has 0 unspecified atom stereocenters. The van der Waals surface area contributed by atoms with Crippen molar-refractivity contribution in [1.82, 2.24) is 10.2 Å². The molecule has 1 aliphatic heterocycles. The third-order valence-corrected chi connectivity index (χ3v) is 5.29. The van der Waals surface area contributed by atoms with Crippen molar-refractivity contribution in [2.24, 2.45) is 0 Å². The number of aliphatic carboxylic acids is 1. The quantitative estimate of drug-likeness (QED) is 0.552. The average molecular weight is 416 g/mol. The summed E-state index contributed by atoms with van der Waals surface area (Å²) in [5.74, 6) is -0.637. The zero-order valence-electron chi connectivity index (χ0n) is 17.0. The Morgan fingerprint density at radius 2 is 1.87 bits per heavy atom. The van der Waals surface area contributed by atoms with Gasteiger partial charge in [0.1, 0.15) is 24.3 Å². The maximum Gasteiger partial charge on any atom is 0.307 e. The van der Waals surface area contributed by atoms with E-state index in [2.05, 4.69) is 10.2 Å². The number of carbonyl (C=O) groups is 1. The molecule has 0 aromatic heterocycles. The molecule has 3 N–H and O–H groups in total. The largest absolute Gasteiger partial charge is 0.491 e. The minimum Gasteiger partial charge on any atom is -0.491 e. The molecule has 1 heterocycles. The number of nitrogens with one attached hydrogen (secondary N) is 1. The minimum absolute atomic E-state index is 0.104. The van der Waals surface area contributed by atoms with Gasteiger partial charge < -0.3 is 20.3 Å². The Bertz CT molecular complexity index is 807. The summed E-state index contributed by atoms with van der Waals surface area (Å²) in [6.07, 6.45) is 1.17. The maximum absolute atomic E-state index is 13.0. The van der Waals surface area contributed by atoms with E-state index < -0.39 is 12.1 Å². The van der Waals surface area contributed by atoms with E-state index in [1.54, 1.807) is 24.3 Å². The van der Waals surface area contributed by atoms with Crippen molar-refractivity contribution in [3.63, 3.8) is 0 Å². The Morgan fingerprint density at radius 1 is 1.17 bits per heavy atom. The highest BCUT2D eigenvalue weighted by molar-refractivity contribution is 5.71. The Hall–Kier alpha value is -2.48. The molecule has 162 valence electrons. The van der Waals surface area contributed by atoms with Gasteiger partial charge in [0.2, 0.25) is 0 Å².